The molecular weight excluding hydrogens is 464 g/mol. The number of hydrogen-bond donors (Lipinski definition) is 2. The van der Waals surface area contributed by atoms with Gasteiger partial charge < -0.3 is 10.1 Å². The number of halogens is 1. The molecule has 0 saturated carbocycles. The molecule has 152 valence electrons. The van der Waals surface area contributed by atoms with Crippen LogP contribution in [0.2, 0.25) is 0 Å². The van der Waals surface area contributed by atoms with Crippen molar-refractivity contribution in [2.45, 2.75) is 6.54 Å². The quantitative estimate of drug-likeness (QED) is 0.557. The van der Waals surface area contributed by atoms with Gasteiger partial charge in [0.1, 0.15) is 12.3 Å². The van der Waals surface area contributed by atoms with Gasteiger partial charge in [0.25, 0.3) is 5.56 Å². The molecule has 0 radical (unpaired) electrons. The van der Waals surface area contributed by atoms with Crippen molar-refractivity contribution in [3.8, 4) is 5.75 Å². The van der Waals surface area contributed by atoms with Crippen molar-refractivity contribution < 1.29 is 17.9 Å². The van der Waals surface area contributed by atoms with Crippen LogP contribution in [-0.2, 0) is 21.4 Å². The molecule has 11 heteroatoms. The monoisotopic (exact) mass is 480 g/mol. The maximum Gasteiger partial charge on any atom is 0.261 e. The summed E-state index contributed by atoms with van der Waals surface area (Å²) in [5.41, 5.74) is 0.704. The van der Waals surface area contributed by atoms with Crippen molar-refractivity contribution in [3.05, 3.63) is 57.6 Å². The molecule has 0 bridgehead atoms. The predicted molar refractivity (Wildman–Crippen MR) is 114 cm³/mol. The van der Waals surface area contributed by atoms with Crippen LogP contribution in [0.4, 0.5) is 11.4 Å². The number of carbonyl (C=O) groups is 1. The maximum absolute atomic E-state index is 12.6. The zero-order valence-electron chi connectivity index (χ0n) is 15.5. The van der Waals surface area contributed by atoms with Crippen molar-refractivity contribution in [3.63, 3.8) is 0 Å². The summed E-state index contributed by atoms with van der Waals surface area (Å²) >= 11 is 3.31. The fraction of sp³-hybridized carbons (Fsp3) is 0.167. The maximum atomic E-state index is 12.6. The number of carbonyl (C=O) groups excluding carboxylic acids is 1. The number of fused-ring (bicyclic) bond motifs is 1. The number of rotatable bonds is 6. The zero-order valence-corrected chi connectivity index (χ0v) is 17.9. The van der Waals surface area contributed by atoms with Crippen molar-refractivity contribution in [2.24, 2.45) is 0 Å². The van der Waals surface area contributed by atoms with E-state index in [1.807, 2.05) is 0 Å². The average Bonchev–Trinajstić information content (AvgIpc) is 2.63. The third kappa shape index (κ3) is 5.12. The molecular formula is C18H17BrN4O5S. The Hall–Kier alpha value is -2.92. The van der Waals surface area contributed by atoms with E-state index < -0.39 is 15.9 Å². The first-order valence-electron chi connectivity index (χ1n) is 8.26. The molecule has 0 fully saturated rings. The highest BCUT2D eigenvalue weighted by Gasteiger charge is 2.12. The second-order valence-corrected chi connectivity index (χ2v) is 8.84. The summed E-state index contributed by atoms with van der Waals surface area (Å²) in [7, 11) is -2.13. The Labute approximate surface area is 174 Å². The molecule has 0 spiro atoms. The van der Waals surface area contributed by atoms with Gasteiger partial charge in [0.2, 0.25) is 15.9 Å². The largest absolute Gasteiger partial charge is 0.495 e. The Morgan fingerprint density at radius 1 is 1.24 bits per heavy atom. The van der Waals surface area contributed by atoms with Gasteiger partial charge in [-0.25, -0.2) is 13.4 Å². The van der Waals surface area contributed by atoms with Crippen LogP contribution >= 0.6 is 15.9 Å². The summed E-state index contributed by atoms with van der Waals surface area (Å²) in [5, 5.41) is 3.02. The lowest BCUT2D eigenvalue weighted by molar-refractivity contribution is -0.116. The fourth-order valence-electron chi connectivity index (χ4n) is 2.66. The summed E-state index contributed by atoms with van der Waals surface area (Å²) in [4.78, 5) is 29.2. The number of amides is 1. The van der Waals surface area contributed by atoms with E-state index >= 15 is 0 Å². The van der Waals surface area contributed by atoms with E-state index in [9.17, 15) is 18.0 Å². The van der Waals surface area contributed by atoms with Crippen LogP contribution in [0.5, 0.6) is 5.75 Å². The molecule has 2 N–H and O–H groups in total. The van der Waals surface area contributed by atoms with Crippen LogP contribution in [0.1, 0.15) is 0 Å². The van der Waals surface area contributed by atoms with Gasteiger partial charge in [-0.05, 0) is 36.4 Å². The van der Waals surface area contributed by atoms with E-state index in [1.54, 1.807) is 24.3 Å². The average molecular weight is 481 g/mol. The molecule has 0 saturated heterocycles. The first-order chi connectivity index (χ1) is 13.7. The molecule has 3 rings (SSSR count). The minimum atomic E-state index is -3.53. The molecule has 0 aliphatic carbocycles. The van der Waals surface area contributed by atoms with E-state index in [2.05, 4.69) is 31.0 Å². The number of methoxy groups -OCH3 is 1. The summed E-state index contributed by atoms with van der Waals surface area (Å²) in [6, 6.07) is 9.63. The van der Waals surface area contributed by atoms with Gasteiger partial charge in [0.15, 0.2) is 0 Å². The number of benzene rings is 2. The minimum absolute atomic E-state index is 0.183. The van der Waals surface area contributed by atoms with Crippen LogP contribution < -0.4 is 20.3 Å². The third-order valence-electron chi connectivity index (χ3n) is 3.88. The number of hydrogen-bond acceptors (Lipinski definition) is 6. The number of nitrogens with one attached hydrogen (secondary N) is 2. The lowest BCUT2D eigenvalue weighted by Gasteiger charge is -2.13. The van der Waals surface area contributed by atoms with Gasteiger partial charge >= 0.3 is 0 Å². The fourth-order valence-corrected chi connectivity index (χ4v) is 3.58. The molecule has 1 amide bonds. The van der Waals surface area contributed by atoms with E-state index in [0.717, 1.165) is 10.7 Å². The van der Waals surface area contributed by atoms with Gasteiger partial charge in [0.05, 0.1) is 36.3 Å². The summed E-state index contributed by atoms with van der Waals surface area (Å²) in [6.45, 7) is -0.255. The third-order valence-corrected chi connectivity index (χ3v) is 4.96. The number of aromatic nitrogens is 2. The Kier molecular flexibility index (Phi) is 5.89. The van der Waals surface area contributed by atoms with Gasteiger partial charge in [-0.3, -0.25) is 18.9 Å². The van der Waals surface area contributed by atoms with Crippen LogP contribution in [-0.4, -0.2) is 37.2 Å². The molecule has 9 nitrogen and oxygen atoms in total. The topological polar surface area (TPSA) is 119 Å². The molecule has 1 aromatic heterocycles. The van der Waals surface area contributed by atoms with Gasteiger partial charge in [-0.15, -0.1) is 0 Å². The van der Waals surface area contributed by atoms with E-state index in [4.69, 9.17) is 4.74 Å². The number of nitrogens with zero attached hydrogens (tertiary/aromatic N) is 2. The summed E-state index contributed by atoms with van der Waals surface area (Å²) in [6.07, 6.45) is 2.32. The van der Waals surface area contributed by atoms with Crippen molar-refractivity contribution in [1.82, 2.24) is 9.55 Å². The molecule has 2 aromatic carbocycles. The van der Waals surface area contributed by atoms with Crippen LogP contribution in [0.3, 0.4) is 0 Å². The highest BCUT2D eigenvalue weighted by molar-refractivity contribution is 9.10. The minimum Gasteiger partial charge on any atom is -0.495 e. The van der Waals surface area contributed by atoms with Crippen molar-refractivity contribution in [1.29, 1.82) is 0 Å². The van der Waals surface area contributed by atoms with Gasteiger partial charge in [-0.1, -0.05) is 15.9 Å². The highest BCUT2D eigenvalue weighted by atomic mass is 79.9. The van der Waals surface area contributed by atoms with Crippen molar-refractivity contribution >= 4 is 54.1 Å². The number of ether oxygens (including phenoxy) is 1. The van der Waals surface area contributed by atoms with Gasteiger partial charge in [-0.2, -0.15) is 0 Å². The molecule has 0 unspecified atom stereocenters. The Balaban J connectivity index is 1.82. The van der Waals surface area contributed by atoms with Crippen LogP contribution in [0, 0.1) is 0 Å². The van der Waals surface area contributed by atoms with Crippen LogP contribution in [0.15, 0.2) is 52.0 Å². The second-order valence-electron chi connectivity index (χ2n) is 6.18. The van der Waals surface area contributed by atoms with E-state index in [1.165, 1.54) is 30.1 Å². The first-order valence-corrected chi connectivity index (χ1v) is 10.9. The molecule has 0 aliphatic heterocycles. The lowest BCUT2D eigenvalue weighted by atomic mass is 10.2. The lowest BCUT2D eigenvalue weighted by Crippen LogP contribution is -2.28. The molecule has 0 aliphatic rings. The first kappa shape index (κ1) is 20.8. The molecule has 29 heavy (non-hydrogen) atoms. The van der Waals surface area contributed by atoms with E-state index in [-0.39, 0.29) is 17.8 Å². The standard InChI is InChI=1S/C18H17BrN4O5S/c1-28-16-6-4-12(8-15(16)22-29(2,26)27)21-17(24)9-23-10-20-14-5-3-11(19)7-13(14)18(23)25/h3-8,10,22H,9H2,1-2H3,(H,21,24). The smallest absolute Gasteiger partial charge is 0.261 e. The Morgan fingerprint density at radius 3 is 2.69 bits per heavy atom. The SMILES string of the molecule is COc1ccc(NC(=O)Cn2cnc3ccc(Br)cc3c2=O)cc1NS(C)(=O)=O. The summed E-state index contributed by atoms with van der Waals surface area (Å²) < 4.78 is 32.4. The molecule has 3 aromatic rings. The predicted octanol–water partition coefficient (Wildman–Crippen LogP) is 2.18. The van der Waals surface area contributed by atoms with Gasteiger partial charge in [0, 0.05) is 10.2 Å². The molecule has 0 atom stereocenters. The molecule has 1 heterocycles. The number of anilines is 2. The second kappa shape index (κ2) is 8.21. The normalized spacial score (nSPS) is 11.3. The van der Waals surface area contributed by atoms with E-state index in [0.29, 0.717) is 22.3 Å². The van der Waals surface area contributed by atoms with Crippen molar-refractivity contribution in [2.75, 3.05) is 23.4 Å². The highest BCUT2D eigenvalue weighted by Crippen LogP contribution is 2.28. The van der Waals surface area contributed by atoms with Crippen LogP contribution in [0.25, 0.3) is 10.9 Å². The Morgan fingerprint density at radius 2 is 2.00 bits per heavy atom. The summed E-state index contributed by atoms with van der Waals surface area (Å²) in [5.74, 6) is -0.173. The number of sulfonamides is 1. The Bertz CT molecular complexity index is 1260. The zero-order chi connectivity index (χ0) is 21.2.